The monoisotopic (exact) mass is 320 g/mol. The first-order chi connectivity index (χ1) is 9.04. The molecule has 0 saturated carbocycles. The SMILES string of the molecule is Cc1ccc(N)c(S(=O)(=O)NCCCS(C)(=O)=O)c1C. The van der Waals surface area contributed by atoms with Crippen molar-refractivity contribution in [1.29, 1.82) is 0 Å². The van der Waals surface area contributed by atoms with E-state index in [1.807, 2.05) is 0 Å². The standard InChI is InChI=1S/C12H20N2O4S2/c1-9-5-6-11(13)12(10(9)2)20(17,18)14-7-4-8-19(3,15)16/h5-6,14H,4,7-8,13H2,1-3H3. The Kier molecular flexibility index (Phi) is 5.17. The molecule has 114 valence electrons. The van der Waals surface area contributed by atoms with Crippen LogP contribution in [0.5, 0.6) is 0 Å². The molecule has 0 fully saturated rings. The Morgan fingerprint density at radius 3 is 2.30 bits per heavy atom. The second-order valence-corrected chi connectivity index (χ2v) is 8.77. The van der Waals surface area contributed by atoms with Gasteiger partial charge in [-0.25, -0.2) is 21.6 Å². The van der Waals surface area contributed by atoms with Gasteiger partial charge < -0.3 is 5.73 Å². The number of hydrogen-bond acceptors (Lipinski definition) is 5. The Morgan fingerprint density at radius 2 is 1.75 bits per heavy atom. The van der Waals surface area contributed by atoms with Crippen LogP contribution in [0.15, 0.2) is 17.0 Å². The molecular formula is C12H20N2O4S2. The topological polar surface area (TPSA) is 106 Å². The van der Waals surface area contributed by atoms with Crippen molar-refractivity contribution in [3.63, 3.8) is 0 Å². The highest BCUT2D eigenvalue weighted by atomic mass is 32.2. The zero-order chi connectivity index (χ0) is 15.6. The molecule has 0 amide bonds. The molecule has 1 aromatic rings. The number of hydrogen-bond donors (Lipinski definition) is 2. The van der Waals surface area contributed by atoms with Gasteiger partial charge in [-0.05, 0) is 37.5 Å². The molecule has 0 unspecified atom stereocenters. The van der Waals surface area contributed by atoms with Crippen LogP contribution in [0.3, 0.4) is 0 Å². The molecule has 0 aromatic heterocycles. The normalized spacial score (nSPS) is 12.6. The summed E-state index contributed by atoms with van der Waals surface area (Å²) in [5.74, 6) is -0.0577. The molecule has 0 saturated heterocycles. The summed E-state index contributed by atoms with van der Waals surface area (Å²) in [6.07, 6.45) is 1.34. The molecule has 0 aliphatic rings. The van der Waals surface area contributed by atoms with Crippen molar-refractivity contribution in [3.8, 4) is 0 Å². The van der Waals surface area contributed by atoms with Gasteiger partial charge in [-0.15, -0.1) is 0 Å². The summed E-state index contributed by atoms with van der Waals surface area (Å²) < 4.78 is 48.8. The van der Waals surface area contributed by atoms with Crippen LogP contribution in [0.4, 0.5) is 5.69 Å². The molecular weight excluding hydrogens is 300 g/mol. The predicted octanol–water partition coefficient (Wildman–Crippen LogP) is 0.599. The minimum absolute atomic E-state index is 0.0577. The molecule has 0 radical (unpaired) electrons. The average molecular weight is 320 g/mol. The summed E-state index contributed by atoms with van der Waals surface area (Å²) in [6.45, 7) is 3.55. The van der Waals surface area contributed by atoms with Crippen LogP contribution in [0.25, 0.3) is 0 Å². The largest absolute Gasteiger partial charge is 0.398 e. The van der Waals surface area contributed by atoms with Crippen molar-refractivity contribution in [3.05, 3.63) is 23.3 Å². The second-order valence-electron chi connectivity index (χ2n) is 4.81. The van der Waals surface area contributed by atoms with Crippen molar-refractivity contribution in [1.82, 2.24) is 4.72 Å². The van der Waals surface area contributed by atoms with Gasteiger partial charge in [0.05, 0.1) is 11.4 Å². The summed E-state index contributed by atoms with van der Waals surface area (Å²) in [5.41, 5.74) is 7.35. The molecule has 0 aliphatic carbocycles. The van der Waals surface area contributed by atoms with Gasteiger partial charge in [-0.3, -0.25) is 0 Å². The predicted molar refractivity (Wildman–Crippen MR) is 79.8 cm³/mol. The maximum atomic E-state index is 12.2. The lowest BCUT2D eigenvalue weighted by molar-refractivity contribution is 0.577. The highest BCUT2D eigenvalue weighted by molar-refractivity contribution is 7.90. The first-order valence-electron chi connectivity index (χ1n) is 6.07. The van der Waals surface area contributed by atoms with E-state index < -0.39 is 19.9 Å². The number of nitrogens with two attached hydrogens (primary N) is 1. The fourth-order valence-electron chi connectivity index (χ4n) is 1.78. The van der Waals surface area contributed by atoms with E-state index in [2.05, 4.69) is 4.72 Å². The molecule has 0 aliphatic heterocycles. The molecule has 8 heteroatoms. The molecule has 0 heterocycles. The number of sulfone groups is 1. The average Bonchev–Trinajstić information content (AvgIpc) is 2.29. The number of nitrogens with one attached hydrogen (secondary N) is 1. The van der Waals surface area contributed by atoms with E-state index in [1.54, 1.807) is 26.0 Å². The van der Waals surface area contributed by atoms with Crippen LogP contribution < -0.4 is 10.5 Å². The van der Waals surface area contributed by atoms with Gasteiger partial charge >= 0.3 is 0 Å². The van der Waals surface area contributed by atoms with E-state index in [0.717, 1.165) is 11.8 Å². The van der Waals surface area contributed by atoms with Gasteiger partial charge in [0.1, 0.15) is 14.7 Å². The maximum Gasteiger partial charge on any atom is 0.242 e. The van der Waals surface area contributed by atoms with E-state index in [4.69, 9.17) is 5.73 Å². The summed E-state index contributed by atoms with van der Waals surface area (Å²) in [6, 6.07) is 3.31. The Morgan fingerprint density at radius 1 is 1.15 bits per heavy atom. The van der Waals surface area contributed by atoms with Crippen LogP contribution in [0.2, 0.25) is 0 Å². The van der Waals surface area contributed by atoms with E-state index in [-0.39, 0.29) is 29.3 Å². The third-order valence-electron chi connectivity index (χ3n) is 2.96. The fraction of sp³-hybridized carbons (Fsp3) is 0.500. The second kappa shape index (κ2) is 6.11. The number of rotatable bonds is 6. The lowest BCUT2D eigenvalue weighted by Gasteiger charge is -2.13. The molecule has 0 atom stereocenters. The third-order valence-corrected chi connectivity index (χ3v) is 5.65. The number of anilines is 1. The molecule has 1 rings (SSSR count). The minimum atomic E-state index is -3.73. The summed E-state index contributed by atoms with van der Waals surface area (Å²) in [5, 5.41) is 0. The van der Waals surface area contributed by atoms with Gasteiger partial charge in [0.15, 0.2) is 0 Å². The van der Waals surface area contributed by atoms with Gasteiger partial charge in [-0.1, -0.05) is 6.07 Å². The first kappa shape index (κ1) is 16.9. The zero-order valence-electron chi connectivity index (χ0n) is 11.8. The number of aryl methyl sites for hydroxylation is 1. The highest BCUT2D eigenvalue weighted by Crippen LogP contribution is 2.24. The highest BCUT2D eigenvalue weighted by Gasteiger charge is 2.20. The smallest absolute Gasteiger partial charge is 0.242 e. The molecule has 20 heavy (non-hydrogen) atoms. The zero-order valence-corrected chi connectivity index (χ0v) is 13.4. The Balaban J connectivity index is 2.88. The van der Waals surface area contributed by atoms with Crippen LogP contribution in [-0.2, 0) is 19.9 Å². The molecule has 3 N–H and O–H groups in total. The van der Waals surface area contributed by atoms with Crippen molar-refractivity contribution in [2.45, 2.75) is 25.2 Å². The van der Waals surface area contributed by atoms with Gasteiger partial charge in [0, 0.05) is 12.8 Å². The van der Waals surface area contributed by atoms with Crippen molar-refractivity contribution >= 4 is 25.5 Å². The van der Waals surface area contributed by atoms with Gasteiger partial charge in [0.2, 0.25) is 10.0 Å². The maximum absolute atomic E-state index is 12.2. The quantitative estimate of drug-likeness (QED) is 0.589. The molecule has 0 bridgehead atoms. The Hall–Kier alpha value is -1.12. The van der Waals surface area contributed by atoms with Gasteiger partial charge in [-0.2, -0.15) is 0 Å². The van der Waals surface area contributed by atoms with Crippen molar-refractivity contribution < 1.29 is 16.8 Å². The van der Waals surface area contributed by atoms with Gasteiger partial charge in [0.25, 0.3) is 0 Å². The summed E-state index contributed by atoms with van der Waals surface area (Å²) >= 11 is 0. The fourth-order valence-corrected chi connectivity index (χ4v) is 3.95. The van der Waals surface area contributed by atoms with Crippen LogP contribution in [-0.4, -0.2) is 35.4 Å². The minimum Gasteiger partial charge on any atom is -0.398 e. The number of benzene rings is 1. The van der Waals surface area contributed by atoms with E-state index in [1.165, 1.54) is 0 Å². The molecule has 1 aromatic carbocycles. The van der Waals surface area contributed by atoms with E-state index in [0.29, 0.717) is 5.56 Å². The van der Waals surface area contributed by atoms with Crippen LogP contribution in [0.1, 0.15) is 17.5 Å². The van der Waals surface area contributed by atoms with Crippen molar-refractivity contribution in [2.24, 2.45) is 0 Å². The van der Waals surface area contributed by atoms with Crippen molar-refractivity contribution in [2.75, 3.05) is 24.3 Å². The lowest BCUT2D eigenvalue weighted by Crippen LogP contribution is -2.27. The molecule has 0 spiro atoms. The third kappa shape index (κ3) is 4.46. The number of sulfonamides is 1. The Bertz CT molecular complexity index is 694. The molecule has 6 nitrogen and oxygen atoms in total. The van der Waals surface area contributed by atoms with E-state index in [9.17, 15) is 16.8 Å². The number of nitrogen functional groups attached to an aromatic ring is 1. The van der Waals surface area contributed by atoms with E-state index >= 15 is 0 Å². The first-order valence-corrected chi connectivity index (χ1v) is 9.62. The Labute approximate surface area is 120 Å². The lowest BCUT2D eigenvalue weighted by atomic mass is 10.1. The van der Waals surface area contributed by atoms with Crippen LogP contribution >= 0.6 is 0 Å². The summed E-state index contributed by atoms with van der Waals surface area (Å²) in [4.78, 5) is 0.0665. The van der Waals surface area contributed by atoms with Crippen LogP contribution in [0, 0.1) is 13.8 Å². The summed E-state index contributed by atoms with van der Waals surface area (Å²) in [7, 11) is -6.82.